The van der Waals surface area contributed by atoms with Gasteiger partial charge in [-0.15, -0.1) is 0 Å². The molecule has 10 aromatic carbocycles. The third-order valence-electron chi connectivity index (χ3n) is 11.6. The molecule has 2 heteroatoms. The van der Waals surface area contributed by atoms with E-state index >= 15 is 0 Å². The van der Waals surface area contributed by atoms with Crippen LogP contribution in [0.3, 0.4) is 0 Å². The van der Waals surface area contributed by atoms with Gasteiger partial charge in [0.05, 0.1) is 22.4 Å². The maximum absolute atomic E-state index is 2.48. The molecular weight excluding hydrogens is 701 g/mol. The first-order valence-electron chi connectivity index (χ1n) is 19.9. The molecule has 0 saturated carbocycles. The van der Waals surface area contributed by atoms with Crippen LogP contribution in [0, 0.1) is 0 Å². The SMILES string of the molecule is c1ccc(-c2ccc(N(c3ccc4c5ccccc5n(-c5ccccc5-c5cc6ccccc6c6ccccc56)c4c3)c3ccccc3-c3ccccc3)cc2)cc1. The molecule has 1 aromatic heterocycles. The fourth-order valence-corrected chi connectivity index (χ4v) is 8.92. The van der Waals surface area contributed by atoms with Crippen LogP contribution in [0.1, 0.15) is 0 Å². The number of hydrogen-bond donors (Lipinski definition) is 0. The molecule has 0 aliphatic carbocycles. The van der Waals surface area contributed by atoms with Crippen molar-refractivity contribution < 1.29 is 0 Å². The average Bonchev–Trinajstić information content (AvgIpc) is 3.63. The van der Waals surface area contributed by atoms with Crippen LogP contribution in [-0.4, -0.2) is 4.57 Å². The molecule has 11 rings (SSSR count). The Morgan fingerprint density at radius 2 is 0.845 bits per heavy atom. The number of nitrogens with zero attached hydrogens (tertiary/aromatic N) is 2. The molecule has 0 fully saturated rings. The first kappa shape index (κ1) is 33.6. The molecule has 272 valence electrons. The zero-order valence-electron chi connectivity index (χ0n) is 31.8. The first-order chi connectivity index (χ1) is 28.8. The number of hydrogen-bond acceptors (Lipinski definition) is 1. The van der Waals surface area contributed by atoms with Gasteiger partial charge in [-0.05, 0) is 92.3 Å². The highest BCUT2D eigenvalue weighted by atomic mass is 15.1. The van der Waals surface area contributed by atoms with E-state index in [1.807, 2.05) is 0 Å². The molecule has 1 heterocycles. The lowest BCUT2D eigenvalue weighted by molar-refractivity contribution is 1.18. The van der Waals surface area contributed by atoms with Crippen LogP contribution in [0.4, 0.5) is 17.1 Å². The molecule has 0 bridgehead atoms. The van der Waals surface area contributed by atoms with Crippen LogP contribution in [0.2, 0.25) is 0 Å². The number of aromatic nitrogens is 1. The van der Waals surface area contributed by atoms with E-state index in [2.05, 4.69) is 240 Å². The van der Waals surface area contributed by atoms with Gasteiger partial charge in [0.25, 0.3) is 0 Å². The quantitative estimate of drug-likeness (QED) is 0.148. The summed E-state index contributed by atoms with van der Waals surface area (Å²) in [7, 11) is 0. The Morgan fingerprint density at radius 1 is 0.293 bits per heavy atom. The Labute approximate surface area is 338 Å². The van der Waals surface area contributed by atoms with Crippen molar-refractivity contribution in [3.8, 4) is 39.1 Å². The lowest BCUT2D eigenvalue weighted by Gasteiger charge is -2.28. The molecule has 0 spiro atoms. The largest absolute Gasteiger partial charge is 0.310 e. The van der Waals surface area contributed by atoms with Crippen LogP contribution in [-0.2, 0) is 0 Å². The van der Waals surface area contributed by atoms with E-state index in [0.29, 0.717) is 0 Å². The summed E-state index contributed by atoms with van der Waals surface area (Å²) >= 11 is 0. The van der Waals surface area contributed by atoms with Crippen LogP contribution in [0.15, 0.2) is 231 Å². The van der Waals surface area contributed by atoms with Gasteiger partial charge in [-0.25, -0.2) is 0 Å². The van der Waals surface area contributed by atoms with Gasteiger partial charge in [-0.3, -0.25) is 0 Å². The standard InChI is InChI=1S/C56H38N2/c1-3-17-39(18-4-1)40-31-33-43(34-32-40)57(53-28-14-11-23-46(53)41-19-5-2-6-20-41)44-35-36-51-49-26-12-15-29-54(49)58(56(51)38-44)55-30-16-13-27-50(55)52-37-42-21-7-8-22-45(42)47-24-9-10-25-48(47)52/h1-38H. The minimum Gasteiger partial charge on any atom is -0.310 e. The van der Waals surface area contributed by atoms with E-state index in [0.717, 1.165) is 28.3 Å². The number of para-hydroxylation sites is 3. The number of fused-ring (bicyclic) bond motifs is 6. The number of rotatable bonds is 7. The summed E-state index contributed by atoms with van der Waals surface area (Å²) in [5.41, 5.74) is 13.9. The van der Waals surface area contributed by atoms with Crippen molar-refractivity contribution in [3.63, 3.8) is 0 Å². The Balaban J connectivity index is 1.16. The fourth-order valence-electron chi connectivity index (χ4n) is 8.92. The van der Waals surface area contributed by atoms with Gasteiger partial charge in [0.1, 0.15) is 0 Å². The molecule has 0 aliphatic rings. The van der Waals surface area contributed by atoms with Gasteiger partial charge in [0, 0.05) is 33.3 Å². The third kappa shape index (κ3) is 5.66. The molecule has 0 aliphatic heterocycles. The zero-order valence-corrected chi connectivity index (χ0v) is 31.8. The summed E-state index contributed by atoms with van der Waals surface area (Å²) in [6.45, 7) is 0. The van der Waals surface area contributed by atoms with Crippen molar-refractivity contribution in [1.29, 1.82) is 0 Å². The topological polar surface area (TPSA) is 8.17 Å². The summed E-state index contributed by atoms with van der Waals surface area (Å²) < 4.78 is 2.48. The molecular formula is C56H38N2. The molecule has 0 saturated heterocycles. The van der Waals surface area contributed by atoms with Gasteiger partial charge in [-0.2, -0.15) is 0 Å². The van der Waals surface area contributed by atoms with E-state index in [1.54, 1.807) is 0 Å². The summed E-state index contributed by atoms with van der Waals surface area (Å²) in [6.07, 6.45) is 0. The maximum Gasteiger partial charge on any atom is 0.0562 e. The Kier molecular flexibility index (Phi) is 8.19. The van der Waals surface area contributed by atoms with Gasteiger partial charge < -0.3 is 9.47 Å². The fraction of sp³-hybridized carbons (Fsp3) is 0. The van der Waals surface area contributed by atoms with Crippen molar-refractivity contribution >= 4 is 60.4 Å². The highest BCUT2D eigenvalue weighted by Gasteiger charge is 2.22. The van der Waals surface area contributed by atoms with Gasteiger partial charge in [0.15, 0.2) is 0 Å². The molecule has 0 atom stereocenters. The molecule has 0 amide bonds. The summed E-state index contributed by atoms with van der Waals surface area (Å²) in [5.74, 6) is 0. The van der Waals surface area contributed by atoms with E-state index in [-0.39, 0.29) is 0 Å². The van der Waals surface area contributed by atoms with Crippen molar-refractivity contribution in [1.82, 2.24) is 4.57 Å². The molecule has 58 heavy (non-hydrogen) atoms. The average molecular weight is 739 g/mol. The third-order valence-corrected chi connectivity index (χ3v) is 11.6. The van der Waals surface area contributed by atoms with Crippen LogP contribution < -0.4 is 4.90 Å². The van der Waals surface area contributed by atoms with Gasteiger partial charge >= 0.3 is 0 Å². The molecule has 2 nitrogen and oxygen atoms in total. The Hall–Kier alpha value is -7.68. The summed E-state index contributed by atoms with van der Waals surface area (Å²) in [4.78, 5) is 2.42. The second-order valence-electron chi connectivity index (χ2n) is 14.9. The van der Waals surface area contributed by atoms with E-state index < -0.39 is 0 Å². The minimum atomic E-state index is 1.08. The second-order valence-corrected chi connectivity index (χ2v) is 14.9. The monoisotopic (exact) mass is 738 g/mol. The van der Waals surface area contributed by atoms with Crippen molar-refractivity contribution in [2.45, 2.75) is 0 Å². The van der Waals surface area contributed by atoms with E-state index in [9.17, 15) is 0 Å². The molecule has 0 N–H and O–H groups in total. The first-order valence-corrected chi connectivity index (χ1v) is 19.9. The van der Waals surface area contributed by atoms with Gasteiger partial charge in [0.2, 0.25) is 0 Å². The maximum atomic E-state index is 2.48. The smallest absolute Gasteiger partial charge is 0.0562 e. The van der Waals surface area contributed by atoms with E-state index in [4.69, 9.17) is 0 Å². The highest BCUT2D eigenvalue weighted by molar-refractivity contribution is 6.15. The van der Waals surface area contributed by atoms with Gasteiger partial charge in [-0.1, -0.05) is 182 Å². The van der Waals surface area contributed by atoms with E-state index in [1.165, 1.54) is 71.2 Å². The zero-order chi connectivity index (χ0) is 38.4. The summed E-state index contributed by atoms with van der Waals surface area (Å²) in [5, 5.41) is 7.47. The van der Waals surface area contributed by atoms with Crippen molar-refractivity contribution in [2.75, 3.05) is 4.90 Å². The molecule has 0 radical (unpaired) electrons. The van der Waals surface area contributed by atoms with Crippen molar-refractivity contribution in [2.24, 2.45) is 0 Å². The number of benzene rings is 10. The second kappa shape index (κ2) is 14.1. The van der Waals surface area contributed by atoms with Crippen LogP contribution in [0.5, 0.6) is 0 Å². The predicted molar refractivity (Wildman–Crippen MR) is 247 cm³/mol. The van der Waals surface area contributed by atoms with Crippen molar-refractivity contribution in [3.05, 3.63) is 231 Å². The Morgan fingerprint density at radius 3 is 1.64 bits per heavy atom. The van der Waals surface area contributed by atoms with Crippen LogP contribution in [0.25, 0.3) is 82.4 Å². The predicted octanol–water partition coefficient (Wildman–Crippen LogP) is 15.6. The number of anilines is 3. The summed E-state index contributed by atoms with van der Waals surface area (Å²) in [6, 6.07) is 83.7. The lowest BCUT2D eigenvalue weighted by Crippen LogP contribution is -2.11. The highest BCUT2D eigenvalue weighted by Crippen LogP contribution is 2.45. The normalized spacial score (nSPS) is 11.4. The minimum absolute atomic E-state index is 1.08. The lowest BCUT2D eigenvalue weighted by atomic mass is 9.92. The molecule has 11 aromatic rings. The van der Waals surface area contributed by atoms with Crippen LogP contribution >= 0.6 is 0 Å². The Bertz CT molecular complexity index is 3270. The molecule has 0 unspecified atom stereocenters.